The maximum Gasteiger partial charge on any atom is 0.274 e. The third-order valence-corrected chi connectivity index (χ3v) is 5.06. The van der Waals surface area contributed by atoms with Crippen molar-refractivity contribution in [2.75, 3.05) is 16.8 Å². The van der Waals surface area contributed by atoms with Gasteiger partial charge in [-0.2, -0.15) is 0 Å². The van der Waals surface area contributed by atoms with E-state index in [4.69, 9.17) is 0 Å². The molecule has 0 saturated carbocycles. The van der Waals surface area contributed by atoms with Crippen LogP contribution in [0.2, 0.25) is 0 Å². The quantitative estimate of drug-likeness (QED) is 0.862. The van der Waals surface area contributed by atoms with Crippen LogP contribution in [0.4, 0.5) is 11.4 Å². The number of benzene rings is 1. The second-order valence-corrected chi connectivity index (χ2v) is 6.62. The summed E-state index contributed by atoms with van der Waals surface area (Å²) < 4.78 is 0. The summed E-state index contributed by atoms with van der Waals surface area (Å²) in [6, 6.07) is 12.4. The Balaban J connectivity index is 1.72. The Kier molecular flexibility index (Phi) is 5.69. The highest BCUT2D eigenvalue weighted by molar-refractivity contribution is 6.03. The Bertz CT molecular complexity index is 711. The van der Waals surface area contributed by atoms with Gasteiger partial charge in [-0.15, -0.1) is 0 Å². The lowest BCUT2D eigenvalue weighted by atomic mass is 9.99. The van der Waals surface area contributed by atoms with Gasteiger partial charge in [0, 0.05) is 18.3 Å². The highest BCUT2D eigenvalue weighted by atomic mass is 16.1. The first kappa shape index (κ1) is 17.5. The van der Waals surface area contributed by atoms with Crippen LogP contribution >= 0.6 is 0 Å². The number of hydrogen-bond donors (Lipinski definition) is 1. The van der Waals surface area contributed by atoms with E-state index in [0.717, 1.165) is 36.3 Å². The Labute approximate surface area is 150 Å². The fourth-order valence-corrected chi connectivity index (χ4v) is 3.59. The Morgan fingerprint density at radius 3 is 2.76 bits per heavy atom. The molecular weight excluding hydrogens is 310 g/mol. The number of carbonyl (C=O) groups excluding carboxylic acids is 1. The van der Waals surface area contributed by atoms with Crippen molar-refractivity contribution < 1.29 is 4.79 Å². The minimum Gasteiger partial charge on any atom is -0.367 e. The summed E-state index contributed by atoms with van der Waals surface area (Å²) in [6.07, 6.45) is 7.65. The molecule has 1 saturated heterocycles. The van der Waals surface area contributed by atoms with Crippen LogP contribution in [0.25, 0.3) is 0 Å². The van der Waals surface area contributed by atoms with Crippen LogP contribution in [-0.2, 0) is 6.42 Å². The van der Waals surface area contributed by atoms with E-state index in [1.807, 2.05) is 42.6 Å². The highest BCUT2D eigenvalue weighted by Crippen LogP contribution is 2.26. The number of hydrogen-bond acceptors (Lipinski definition) is 3. The molecule has 0 radical (unpaired) electrons. The molecule has 4 nitrogen and oxygen atoms in total. The fraction of sp³-hybridized carbons (Fsp3) is 0.429. The lowest BCUT2D eigenvalue weighted by molar-refractivity contribution is 0.102. The SMILES string of the molecule is CCc1ccccc1NC(=O)c1ccc(N2CCCCC2CC)cn1. The van der Waals surface area contributed by atoms with E-state index in [2.05, 4.69) is 29.0 Å². The minimum atomic E-state index is -0.155. The van der Waals surface area contributed by atoms with Gasteiger partial charge >= 0.3 is 0 Å². The van der Waals surface area contributed by atoms with Crippen LogP contribution in [0, 0.1) is 0 Å². The van der Waals surface area contributed by atoms with Gasteiger partial charge in [0.2, 0.25) is 0 Å². The second kappa shape index (κ2) is 8.15. The first-order valence-electron chi connectivity index (χ1n) is 9.34. The van der Waals surface area contributed by atoms with E-state index in [1.165, 1.54) is 19.3 Å². The third-order valence-electron chi connectivity index (χ3n) is 5.06. The Hall–Kier alpha value is -2.36. The molecule has 2 aromatic rings. The summed E-state index contributed by atoms with van der Waals surface area (Å²) in [5.41, 5.74) is 3.58. The number of aromatic nitrogens is 1. The van der Waals surface area contributed by atoms with E-state index in [0.29, 0.717) is 11.7 Å². The van der Waals surface area contributed by atoms with Crippen LogP contribution < -0.4 is 10.2 Å². The van der Waals surface area contributed by atoms with Crippen molar-refractivity contribution in [2.45, 2.75) is 52.0 Å². The van der Waals surface area contributed by atoms with E-state index in [9.17, 15) is 4.79 Å². The molecule has 3 rings (SSSR count). The molecule has 2 heterocycles. The first-order chi connectivity index (χ1) is 12.2. The van der Waals surface area contributed by atoms with Gasteiger partial charge in [0.25, 0.3) is 5.91 Å². The molecular formula is C21H27N3O. The van der Waals surface area contributed by atoms with Gasteiger partial charge in [-0.3, -0.25) is 4.79 Å². The molecule has 1 N–H and O–H groups in total. The van der Waals surface area contributed by atoms with Crippen LogP contribution in [0.3, 0.4) is 0 Å². The lowest BCUT2D eigenvalue weighted by Crippen LogP contribution is -2.39. The van der Waals surface area contributed by atoms with E-state index < -0.39 is 0 Å². The van der Waals surface area contributed by atoms with Crippen molar-refractivity contribution in [3.05, 3.63) is 53.9 Å². The number of anilines is 2. The maximum absolute atomic E-state index is 12.5. The van der Waals surface area contributed by atoms with Gasteiger partial charge in [-0.25, -0.2) is 4.98 Å². The van der Waals surface area contributed by atoms with Crippen molar-refractivity contribution in [3.63, 3.8) is 0 Å². The van der Waals surface area contributed by atoms with E-state index in [-0.39, 0.29) is 5.91 Å². The number of para-hydroxylation sites is 1. The van der Waals surface area contributed by atoms with Gasteiger partial charge in [-0.1, -0.05) is 32.0 Å². The number of aryl methyl sites for hydroxylation is 1. The molecule has 0 spiro atoms. The fourth-order valence-electron chi connectivity index (χ4n) is 3.59. The lowest BCUT2D eigenvalue weighted by Gasteiger charge is -2.37. The molecule has 0 bridgehead atoms. The van der Waals surface area contributed by atoms with E-state index in [1.54, 1.807) is 0 Å². The van der Waals surface area contributed by atoms with Crippen molar-refractivity contribution in [1.82, 2.24) is 4.98 Å². The molecule has 1 aliphatic heterocycles. The summed E-state index contributed by atoms with van der Waals surface area (Å²) in [6.45, 7) is 5.40. The summed E-state index contributed by atoms with van der Waals surface area (Å²) >= 11 is 0. The summed E-state index contributed by atoms with van der Waals surface area (Å²) in [5, 5.41) is 2.98. The largest absolute Gasteiger partial charge is 0.367 e. The molecule has 1 amide bonds. The number of amides is 1. The summed E-state index contributed by atoms with van der Waals surface area (Å²) in [7, 11) is 0. The standard InChI is InChI=1S/C21H27N3O/c1-3-16-9-5-6-11-19(16)23-21(25)20-13-12-18(15-22-20)24-14-8-7-10-17(24)4-2/h5-6,9,11-13,15,17H,3-4,7-8,10,14H2,1-2H3,(H,23,25). The van der Waals surface area contributed by atoms with Crippen molar-refractivity contribution in [1.29, 1.82) is 0 Å². The molecule has 4 heteroatoms. The zero-order valence-corrected chi connectivity index (χ0v) is 15.2. The first-order valence-corrected chi connectivity index (χ1v) is 9.34. The third kappa shape index (κ3) is 4.01. The average molecular weight is 337 g/mol. The molecule has 1 aromatic carbocycles. The van der Waals surface area contributed by atoms with Gasteiger partial charge in [0.15, 0.2) is 0 Å². The molecule has 1 fully saturated rings. The minimum absolute atomic E-state index is 0.155. The van der Waals surface area contributed by atoms with Crippen molar-refractivity contribution in [2.24, 2.45) is 0 Å². The van der Waals surface area contributed by atoms with Crippen LogP contribution in [0.15, 0.2) is 42.6 Å². The van der Waals surface area contributed by atoms with Gasteiger partial charge < -0.3 is 10.2 Å². The van der Waals surface area contributed by atoms with E-state index >= 15 is 0 Å². The van der Waals surface area contributed by atoms with Crippen LogP contribution in [0.5, 0.6) is 0 Å². The second-order valence-electron chi connectivity index (χ2n) is 6.62. The van der Waals surface area contributed by atoms with Gasteiger partial charge in [-0.05, 0) is 55.9 Å². The zero-order chi connectivity index (χ0) is 17.6. The Morgan fingerprint density at radius 2 is 2.04 bits per heavy atom. The summed E-state index contributed by atoms with van der Waals surface area (Å²) in [5.74, 6) is -0.155. The monoisotopic (exact) mass is 337 g/mol. The predicted molar refractivity (Wildman–Crippen MR) is 103 cm³/mol. The molecule has 1 unspecified atom stereocenters. The van der Waals surface area contributed by atoms with Crippen LogP contribution in [0.1, 0.15) is 55.6 Å². The van der Waals surface area contributed by atoms with Crippen LogP contribution in [-0.4, -0.2) is 23.5 Å². The number of nitrogens with one attached hydrogen (secondary N) is 1. The average Bonchev–Trinajstić information content (AvgIpc) is 2.68. The zero-order valence-electron chi connectivity index (χ0n) is 15.2. The molecule has 132 valence electrons. The molecule has 25 heavy (non-hydrogen) atoms. The molecule has 1 atom stereocenters. The molecule has 0 aliphatic carbocycles. The topological polar surface area (TPSA) is 45.2 Å². The number of rotatable bonds is 5. The number of nitrogens with zero attached hydrogens (tertiary/aromatic N) is 2. The normalized spacial score (nSPS) is 17.4. The maximum atomic E-state index is 12.5. The smallest absolute Gasteiger partial charge is 0.274 e. The Morgan fingerprint density at radius 1 is 1.20 bits per heavy atom. The van der Waals surface area contributed by atoms with Gasteiger partial charge in [0.05, 0.1) is 11.9 Å². The summed E-state index contributed by atoms with van der Waals surface area (Å²) in [4.78, 5) is 19.4. The van der Waals surface area contributed by atoms with Crippen molar-refractivity contribution in [3.8, 4) is 0 Å². The molecule has 1 aromatic heterocycles. The number of carbonyl (C=O) groups is 1. The predicted octanol–water partition coefficient (Wildman–Crippen LogP) is 4.67. The molecule has 1 aliphatic rings. The number of pyridine rings is 1. The highest BCUT2D eigenvalue weighted by Gasteiger charge is 2.21. The number of piperidine rings is 1. The van der Waals surface area contributed by atoms with Gasteiger partial charge in [0.1, 0.15) is 5.69 Å². The van der Waals surface area contributed by atoms with Crippen molar-refractivity contribution >= 4 is 17.3 Å².